The van der Waals surface area contributed by atoms with E-state index in [0.29, 0.717) is 0 Å². The lowest BCUT2D eigenvalue weighted by Crippen LogP contribution is -2.32. The van der Waals surface area contributed by atoms with Crippen molar-refractivity contribution in [3.05, 3.63) is 65.0 Å². The van der Waals surface area contributed by atoms with E-state index in [1.807, 2.05) is 0 Å². The quantitative estimate of drug-likeness (QED) is 0.740. The molecule has 0 bridgehead atoms. The fourth-order valence-corrected chi connectivity index (χ4v) is 3.48. The molecule has 3 aromatic rings. The van der Waals surface area contributed by atoms with Gasteiger partial charge in [-0.05, 0) is 36.1 Å². The Morgan fingerprint density at radius 1 is 1.14 bits per heavy atom. The highest BCUT2D eigenvalue weighted by Crippen LogP contribution is 2.30. The molecule has 3 nitrogen and oxygen atoms in total. The SMILES string of the molecule is Cc1cccc2nc(C3NCCc4ccccc43)n(C)c12. The fourth-order valence-electron chi connectivity index (χ4n) is 3.48. The second-order valence-electron chi connectivity index (χ2n) is 5.81. The van der Waals surface area contributed by atoms with Gasteiger partial charge in [-0.25, -0.2) is 4.98 Å². The summed E-state index contributed by atoms with van der Waals surface area (Å²) in [4.78, 5) is 4.90. The first kappa shape index (κ1) is 12.6. The highest BCUT2D eigenvalue weighted by atomic mass is 15.1. The Morgan fingerprint density at radius 3 is 2.86 bits per heavy atom. The second-order valence-corrected chi connectivity index (χ2v) is 5.81. The summed E-state index contributed by atoms with van der Waals surface area (Å²) >= 11 is 0. The molecule has 1 aliphatic rings. The number of aromatic nitrogens is 2. The number of fused-ring (bicyclic) bond motifs is 2. The highest BCUT2D eigenvalue weighted by Gasteiger charge is 2.25. The van der Waals surface area contributed by atoms with Gasteiger partial charge in [0, 0.05) is 13.6 Å². The van der Waals surface area contributed by atoms with Gasteiger partial charge in [0.05, 0.1) is 17.1 Å². The van der Waals surface area contributed by atoms with Gasteiger partial charge < -0.3 is 9.88 Å². The molecule has 2 aromatic carbocycles. The van der Waals surface area contributed by atoms with Gasteiger partial charge in [0.15, 0.2) is 0 Å². The zero-order chi connectivity index (χ0) is 14.4. The molecule has 1 aromatic heterocycles. The van der Waals surface area contributed by atoms with Crippen molar-refractivity contribution in [3.63, 3.8) is 0 Å². The van der Waals surface area contributed by atoms with Gasteiger partial charge in [-0.3, -0.25) is 0 Å². The minimum atomic E-state index is 0.187. The van der Waals surface area contributed by atoms with Gasteiger partial charge in [0.2, 0.25) is 0 Å². The topological polar surface area (TPSA) is 29.9 Å². The van der Waals surface area contributed by atoms with Crippen molar-refractivity contribution in [2.45, 2.75) is 19.4 Å². The van der Waals surface area contributed by atoms with E-state index in [9.17, 15) is 0 Å². The number of aryl methyl sites for hydroxylation is 2. The summed E-state index contributed by atoms with van der Waals surface area (Å²) in [7, 11) is 2.12. The molecule has 2 heterocycles. The van der Waals surface area contributed by atoms with E-state index in [2.05, 4.69) is 66.3 Å². The summed E-state index contributed by atoms with van der Waals surface area (Å²) in [6.07, 6.45) is 1.09. The third-order valence-electron chi connectivity index (χ3n) is 4.50. The molecule has 3 heteroatoms. The van der Waals surface area contributed by atoms with Crippen LogP contribution in [-0.2, 0) is 13.5 Å². The minimum absolute atomic E-state index is 0.187. The van der Waals surface area contributed by atoms with Crippen LogP contribution in [0.4, 0.5) is 0 Å². The van der Waals surface area contributed by atoms with Crippen molar-refractivity contribution in [2.75, 3.05) is 6.54 Å². The van der Waals surface area contributed by atoms with Crippen molar-refractivity contribution in [3.8, 4) is 0 Å². The lowest BCUT2D eigenvalue weighted by atomic mass is 9.94. The third-order valence-corrected chi connectivity index (χ3v) is 4.50. The summed E-state index contributed by atoms with van der Waals surface area (Å²) in [5.74, 6) is 1.10. The smallest absolute Gasteiger partial charge is 0.131 e. The standard InChI is InChI=1S/C18H19N3/c1-12-6-5-9-15-17(12)21(2)18(20-15)16-14-8-4-3-7-13(14)10-11-19-16/h3-9,16,19H,10-11H2,1-2H3. The largest absolute Gasteiger partial charge is 0.329 e. The Balaban J connectivity index is 1.92. The summed E-state index contributed by atoms with van der Waals surface area (Å²) in [6, 6.07) is 15.2. The number of imidazole rings is 1. The van der Waals surface area contributed by atoms with E-state index < -0.39 is 0 Å². The maximum Gasteiger partial charge on any atom is 0.131 e. The monoisotopic (exact) mass is 277 g/mol. The average Bonchev–Trinajstić information content (AvgIpc) is 2.85. The molecule has 4 rings (SSSR count). The van der Waals surface area contributed by atoms with Crippen LogP contribution in [0.15, 0.2) is 42.5 Å². The molecule has 0 aliphatic carbocycles. The number of nitrogens with one attached hydrogen (secondary N) is 1. The summed E-state index contributed by atoms with van der Waals surface area (Å²) < 4.78 is 2.24. The molecule has 1 aliphatic heterocycles. The summed E-state index contributed by atoms with van der Waals surface area (Å²) in [5.41, 5.74) is 6.39. The lowest BCUT2D eigenvalue weighted by Gasteiger charge is -2.26. The van der Waals surface area contributed by atoms with Crippen LogP contribution in [0.2, 0.25) is 0 Å². The van der Waals surface area contributed by atoms with Gasteiger partial charge in [0.1, 0.15) is 5.82 Å². The van der Waals surface area contributed by atoms with Crippen molar-refractivity contribution >= 4 is 11.0 Å². The van der Waals surface area contributed by atoms with E-state index in [-0.39, 0.29) is 6.04 Å². The van der Waals surface area contributed by atoms with E-state index >= 15 is 0 Å². The zero-order valence-corrected chi connectivity index (χ0v) is 12.4. The van der Waals surface area contributed by atoms with Crippen LogP contribution in [0.25, 0.3) is 11.0 Å². The molecule has 106 valence electrons. The second kappa shape index (κ2) is 4.71. The molecular weight excluding hydrogens is 258 g/mol. The zero-order valence-electron chi connectivity index (χ0n) is 12.4. The van der Waals surface area contributed by atoms with E-state index in [1.54, 1.807) is 0 Å². The number of benzene rings is 2. The summed E-state index contributed by atoms with van der Waals surface area (Å²) in [6.45, 7) is 3.15. The normalized spacial score (nSPS) is 17.9. The molecule has 0 radical (unpaired) electrons. The molecule has 1 atom stereocenters. The van der Waals surface area contributed by atoms with Gasteiger partial charge >= 0.3 is 0 Å². The van der Waals surface area contributed by atoms with E-state index in [1.165, 1.54) is 22.2 Å². The maximum absolute atomic E-state index is 4.90. The van der Waals surface area contributed by atoms with Crippen LogP contribution in [0, 0.1) is 6.92 Å². The number of hydrogen-bond donors (Lipinski definition) is 1. The number of nitrogens with zero attached hydrogens (tertiary/aromatic N) is 2. The molecule has 0 amide bonds. The Morgan fingerprint density at radius 2 is 2.00 bits per heavy atom. The Hall–Kier alpha value is -2.13. The lowest BCUT2D eigenvalue weighted by molar-refractivity contribution is 0.532. The van der Waals surface area contributed by atoms with Crippen molar-refractivity contribution in [1.29, 1.82) is 0 Å². The third kappa shape index (κ3) is 1.88. The predicted molar refractivity (Wildman–Crippen MR) is 85.4 cm³/mol. The molecule has 1 unspecified atom stereocenters. The van der Waals surface area contributed by atoms with Gasteiger partial charge in [-0.1, -0.05) is 36.4 Å². The highest BCUT2D eigenvalue weighted by molar-refractivity contribution is 5.79. The van der Waals surface area contributed by atoms with Gasteiger partial charge in [-0.2, -0.15) is 0 Å². The molecule has 1 N–H and O–H groups in total. The molecular formula is C18H19N3. The Labute approximate surface area is 124 Å². The van der Waals surface area contributed by atoms with Crippen molar-refractivity contribution in [2.24, 2.45) is 7.05 Å². The minimum Gasteiger partial charge on any atom is -0.329 e. The number of hydrogen-bond acceptors (Lipinski definition) is 2. The molecule has 21 heavy (non-hydrogen) atoms. The van der Waals surface area contributed by atoms with Crippen LogP contribution in [-0.4, -0.2) is 16.1 Å². The molecule has 0 fully saturated rings. The summed E-state index contributed by atoms with van der Waals surface area (Å²) in [5, 5.41) is 3.63. The van der Waals surface area contributed by atoms with Crippen LogP contribution in [0.3, 0.4) is 0 Å². The first-order valence-electron chi connectivity index (χ1n) is 7.49. The van der Waals surface area contributed by atoms with Crippen LogP contribution < -0.4 is 5.32 Å². The molecule has 0 saturated carbocycles. The molecule has 0 spiro atoms. The Bertz CT molecular complexity index is 816. The number of para-hydroxylation sites is 1. The Kier molecular flexibility index (Phi) is 2.82. The number of rotatable bonds is 1. The van der Waals surface area contributed by atoms with Crippen LogP contribution in [0.1, 0.15) is 28.6 Å². The van der Waals surface area contributed by atoms with Gasteiger partial charge in [0.25, 0.3) is 0 Å². The van der Waals surface area contributed by atoms with Crippen molar-refractivity contribution in [1.82, 2.24) is 14.9 Å². The van der Waals surface area contributed by atoms with Crippen LogP contribution in [0.5, 0.6) is 0 Å². The van der Waals surface area contributed by atoms with Crippen molar-refractivity contribution < 1.29 is 0 Å². The first-order chi connectivity index (χ1) is 10.3. The molecule has 0 saturated heterocycles. The average molecular weight is 277 g/mol. The predicted octanol–water partition coefficient (Wildman–Crippen LogP) is 3.12. The maximum atomic E-state index is 4.90. The van der Waals surface area contributed by atoms with E-state index in [4.69, 9.17) is 4.98 Å². The van der Waals surface area contributed by atoms with E-state index in [0.717, 1.165) is 24.3 Å². The van der Waals surface area contributed by atoms with Crippen LogP contribution >= 0.6 is 0 Å². The fraction of sp³-hybridized carbons (Fsp3) is 0.278. The first-order valence-corrected chi connectivity index (χ1v) is 7.49. The van der Waals surface area contributed by atoms with Gasteiger partial charge in [-0.15, -0.1) is 0 Å².